The third kappa shape index (κ3) is 2.20. The first-order chi connectivity index (χ1) is 8.41. The Bertz CT molecular complexity index is 762. The minimum atomic E-state index is -4.37. The molecule has 0 saturated carbocycles. The van der Waals surface area contributed by atoms with Crippen molar-refractivity contribution in [1.29, 1.82) is 5.26 Å². The van der Waals surface area contributed by atoms with E-state index in [1.807, 2.05) is 0 Å². The molecule has 6 nitrogen and oxygen atoms in total. The summed E-state index contributed by atoms with van der Waals surface area (Å²) in [5.74, 6) is -0.290. The molecule has 0 unspecified atom stereocenters. The van der Waals surface area contributed by atoms with Crippen molar-refractivity contribution in [2.45, 2.75) is 4.90 Å². The summed E-state index contributed by atoms with van der Waals surface area (Å²) in [5, 5.41) is 21.4. The van der Waals surface area contributed by atoms with E-state index < -0.39 is 10.1 Å². The predicted molar refractivity (Wildman–Crippen MR) is 64.7 cm³/mol. The molecule has 7 heteroatoms. The molecule has 0 aliphatic heterocycles. The predicted octanol–water partition coefficient (Wildman–Crippen LogP) is 1.69. The Morgan fingerprint density at radius 2 is 1.94 bits per heavy atom. The van der Waals surface area contributed by atoms with Gasteiger partial charge in [-0.1, -0.05) is 6.07 Å². The topological polar surface area (TPSA) is 110 Å². The molecule has 0 spiro atoms. The minimum absolute atomic E-state index is 0.290. The fourth-order valence-corrected chi connectivity index (χ4v) is 2.14. The molecule has 0 aliphatic rings. The number of phenols is 1. The van der Waals surface area contributed by atoms with Crippen molar-refractivity contribution in [2.75, 3.05) is 5.32 Å². The van der Waals surface area contributed by atoms with Crippen LogP contribution in [-0.2, 0) is 10.1 Å². The second-order valence-electron chi connectivity index (χ2n) is 3.59. The summed E-state index contributed by atoms with van der Waals surface area (Å²) in [5.41, 5.74) is 0.472. The first-order valence-electron chi connectivity index (χ1n) is 4.81. The number of nitriles is 1. The first-order valence-corrected chi connectivity index (χ1v) is 6.25. The number of phenolic OH excluding ortho intramolecular Hbond substituents is 1. The third-order valence-corrected chi connectivity index (χ3v) is 3.24. The third-order valence-electron chi connectivity index (χ3n) is 2.40. The second-order valence-corrected chi connectivity index (χ2v) is 5.01. The van der Waals surface area contributed by atoms with Gasteiger partial charge in [-0.25, -0.2) is 0 Å². The molecule has 92 valence electrons. The fraction of sp³-hybridized carbons (Fsp3) is 0. The summed E-state index contributed by atoms with van der Waals surface area (Å²) in [6.45, 7) is 0. The number of rotatable bonds is 2. The number of hydrogen-bond donors (Lipinski definition) is 3. The zero-order valence-corrected chi connectivity index (χ0v) is 9.77. The number of benzene rings is 2. The van der Waals surface area contributed by atoms with Gasteiger partial charge in [0, 0.05) is 17.1 Å². The van der Waals surface area contributed by atoms with E-state index in [-0.39, 0.29) is 10.6 Å². The van der Waals surface area contributed by atoms with E-state index in [4.69, 9.17) is 9.81 Å². The molecule has 0 aliphatic carbocycles. The Balaban J connectivity index is 2.71. The summed E-state index contributed by atoms with van der Waals surface area (Å²) in [7, 11) is -4.37. The van der Waals surface area contributed by atoms with Gasteiger partial charge >= 0.3 is 0 Å². The average Bonchev–Trinajstić information content (AvgIpc) is 2.29. The highest BCUT2D eigenvalue weighted by Gasteiger charge is 2.13. The molecule has 0 saturated heterocycles. The van der Waals surface area contributed by atoms with E-state index in [1.54, 1.807) is 12.3 Å². The Morgan fingerprint density at radius 1 is 1.22 bits per heavy atom. The SMILES string of the molecule is N#CNc1ccc2cc(S(=O)(=O)O)cc(O)c2c1. The summed E-state index contributed by atoms with van der Waals surface area (Å²) in [6.07, 6.45) is 1.74. The number of fused-ring (bicyclic) bond motifs is 1. The Hall–Kier alpha value is -2.30. The average molecular weight is 264 g/mol. The molecular formula is C11H8N2O4S. The van der Waals surface area contributed by atoms with Crippen LogP contribution in [0.5, 0.6) is 5.75 Å². The molecule has 0 radical (unpaired) electrons. The van der Waals surface area contributed by atoms with Gasteiger partial charge in [0.05, 0.1) is 4.90 Å². The lowest BCUT2D eigenvalue weighted by molar-refractivity contribution is 0.471. The zero-order valence-electron chi connectivity index (χ0n) is 8.95. The fourth-order valence-electron chi connectivity index (χ4n) is 1.60. The van der Waals surface area contributed by atoms with Gasteiger partial charge in [0.1, 0.15) is 5.75 Å². The summed E-state index contributed by atoms with van der Waals surface area (Å²) < 4.78 is 30.9. The van der Waals surface area contributed by atoms with Gasteiger partial charge < -0.3 is 5.11 Å². The molecule has 0 fully saturated rings. The summed E-state index contributed by atoms with van der Waals surface area (Å²) in [4.78, 5) is -0.381. The van der Waals surface area contributed by atoms with Crippen LogP contribution in [0.25, 0.3) is 10.8 Å². The summed E-state index contributed by atoms with van der Waals surface area (Å²) >= 11 is 0. The maximum absolute atomic E-state index is 11.0. The molecule has 2 aromatic carbocycles. The van der Waals surface area contributed by atoms with Gasteiger partial charge in [-0.05, 0) is 23.6 Å². The Labute approximate surface area is 103 Å². The highest BCUT2D eigenvalue weighted by molar-refractivity contribution is 7.85. The molecule has 3 N–H and O–H groups in total. The van der Waals surface area contributed by atoms with Gasteiger partial charge in [-0.2, -0.15) is 13.7 Å². The van der Waals surface area contributed by atoms with E-state index in [0.29, 0.717) is 16.5 Å². The van der Waals surface area contributed by atoms with Crippen LogP contribution < -0.4 is 5.32 Å². The number of aromatic hydroxyl groups is 1. The molecule has 0 atom stereocenters. The molecule has 0 heterocycles. The highest BCUT2D eigenvalue weighted by atomic mass is 32.2. The summed E-state index contributed by atoms with van der Waals surface area (Å²) in [6, 6.07) is 6.78. The largest absolute Gasteiger partial charge is 0.507 e. The van der Waals surface area contributed by atoms with E-state index in [0.717, 1.165) is 6.07 Å². The van der Waals surface area contributed by atoms with Crippen molar-refractivity contribution in [3.63, 3.8) is 0 Å². The van der Waals surface area contributed by atoms with Gasteiger partial charge in [0.25, 0.3) is 10.1 Å². The van der Waals surface area contributed by atoms with E-state index >= 15 is 0 Å². The molecule has 2 aromatic rings. The monoisotopic (exact) mass is 264 g/mol. The van der Waals surface area contributed by atoms with Crippen molar-refractivity contribution in [3.8, 4) is 11.9 Å². The van der Waals surface area contributed by atoms with Crippen LogP contribution in [0.2, 0.25) is 0 Å². The molecular weight excluding hydrogens is 256 g/mol. The van der Waals surface area contributed by atoms with E-state index in [1.165, 1.54) is 18.2 Å². The van der Waals surface area contributed by atoms with Crippen molar-refractivity contribution < 1.29 is 18.1 Å². The molecule has 0 amide bonds. The zero-order chi connectivity index (χ0) is 13.3. The van der Waals surface area contributed by atoms with Crippen molar-refractivity contribution >= 4 is 26.6 Å². The standard InChI is InChI=1S/C11H8N2O4S/c12-6-13-8-2-1-7-3-9(18(15,16)17)5-11(14)10(7)4-8/h1-5,13-14H,(H,15,16,17). The van der Waals surface area contributed by atoms with Gasteiger partial charge in [-0.3, -0.25) is 9.87 Å². The number of nitrogens with zero attached hydrogens (tertiary/aromatic N) is 1. The number of nitrogens with one attached hydrogen (secondary N) is 1. The molecule has 0 aromatic heterocycles. The number of anilines is 1. The van der Waals surface area contributed by atoms with Gasteiger partial charge in [0.15, 0.2) is 6.19 Å². The van der Waals surface area contributed by atoms with Gasteiger partial charge in [0.2, 0.25) is 0 Å². The Morgan fingerprint density at radius 3 is 2.56 bits per heavy atom. The molecule has 0 bridgehead atoms. The minimum Gasteiger partial charge on any atom is -0.507 e. The van der Waals surface area contributed by atoms with Crippen LogP contribution in [0.3, 0.4) is 0 Å². The molecule has 2 rings (SSSR count). The quantitative estimate of drug-likeness (QED) is 0.432. The highest BCUT2D eigenvalue weighted by Crippen LogP contribution is 2.30. The Kier molecular flexibility index (Phi) is 2.82. The maximum Gasteiger partial charge on any atom is 0.294 e. The lowest BCUT2D eigenvalue weighted by Gasteiger charge is -2.06. The number of hydrogen-bond acceptors (Lipinski definition) is 5. The van der Waals surface area contributed by atoms with E-state index in [2.05, 4.69) is 5.32 Å². The van der Waals surface area contributed by atoms with Crippen LogP contribution in [0, 0.1) is 11.5 Å². The lowest BCUT2D eigenvalue weighted by Crippen LogP contribution is -1.98. The normalized spacial score (nSPS) is 11.1. The van der Waals surface area contributed by atoms with Crippen molar-refractivity contribution in [1.82, 2.24) is 0 Å². The van der Waals surface area contributed by atoms with Crippen LogP contribution in [-0.4, -0.2) is 18.1 Å². The van der Waals surface area contributed by atoms with Gasteiger partial charge in [-0.15, -0.1) is 0 Å². The van der Waals surface area contributed by atoms with E-state index in [9.17, 15) is 13.5 Å². The molecule has 18 heavy (non-hydrogen) atoms. The maximum atomic E-state index is 11.0. The van der Waals surface area contributed by atoms with Crippen LogP contribution in [0.4, 0.5) is 5.69 Å². The first kappa shape index (κ1) is 12.2. The second kappa shape index (κ2) is 4.18. The van der Waals surface area contributed by atoms with Crippen LogP contribution >= 0.6 is 0 Å². The van der Waals surface area contributed by atoms with Crippen molar-refractivity contribution in [3.05, 3.63) is 30.3 Å². The van der Waals surface area contributed by atoms with Crippen LogP contribution in [0.1, 0.15) is 0 Å². The van der Waals surface area contributed by atoms with Crippen molar-refractivity contribution in [2.24, 2.45) is 0 Å². The van der Waals surface area contributed by atoms with Crippen LogP contribution in [0.15, 0.2) is 35.2 Å². The lowest BCUT2D eigenvalue weighted by atomic mass is 10.1. The smallest absolute Gasteiger partial charge is 0.294 e.